The summed E-state index contributed by atoms with van der Waals surface area (Å²) in [6, 6.07) is 2.81. The van der Waals surface area contributed by atoms with E-state index in [9.17, 15) is 32.7 Å². The van der Waals surface area contributed by atoms with Crippen molar-refractivity contribution in [2.75, 3.05) is 27.4 Å². The topological polar surface area (TPSA) is 215 Å². The Morgan fingerprint density at radius 1 is 1.13 bits per heavy atom. The Bertz CT molecular complexity index is 1970. The third kappa shape index (κ3) is 8.37. The number of aromatic nitrogens is 2. The molecule has 0 unspecified atom stereocenters. The molecule has 2 saturated carbocycles. The van der Waals surface area contributed by atoms with Crippen molar-refractivity contribution < 1.29 is 46.9 Å². The Hall–Kier alpha value is -4.51. The number of rotatable bonds is 10. The maximum atomic E-state index is 14.7. The highest BCUT2D eigenvalue weighted by Gasteiger charge is 2.63. The van der Waals surface area contributed by atoms with E-state index in [0.717, 1.165) is 0 Å². The summed E-state index contributed by atoms with van der Waals surface area (Å²) in [5, 5.41) is 15.2. The molecule has 2 aromatic rings. The van der Waals surface area contributed by atoms with Crippen LogP contribution in [0.2, 0.25) is 0 Å². The van der Waals surface area contributed by atoms with Crippen molar-refractivity contribution in [3.63, 3.8) is 0 Å². The van der Waals surface area contributed by atoms with Crippen LogP contribution >= 0.6 is 0 Å². The highest BCUT2D eigenvalue weighted by Crippen LogP contribution is 2.47. The highest BCUT2D eigenvalue weighted by atomic mass is 32.2. The number of methoxy groups -OCH3 is 2. The third-order valence-corrected chi connectivity index (χ3v) is 13.6. The first-order valence-electron chi connectivity index (χ1n) is 18.9. The van der Waals surface area contributed by atoms with Gasteiger partial charge in [-0.3, -0.25) is 19.1 Å². The molecule has 0 bridgehead atoms. The van der Waals surface area contributed by atoms with Gasteiger partial charge in [0.25, 0.3) is 5.91 Å². The Morgan fingerprint density at radius 2 is 1.87 bits per heavy atom. The molecule has 17 heteroatoms. The van der Waals surface area contributed by atoms with Crippen molar-refractivity contribution in [1.29, 1.82) is 0 Å². The molecule has 4 aliphatic rings. The fraction of sp³-hybridized carbons (Fsp3) is 0.632. The molecule has 1 aromatic heterocycles. The molecule has 1 aromatic carbocycles. The van der Waals surface area contributed by atoms with Gasteiger partial charge < -0.3 is 34.9 Å². The lowest BCUT2D eigenvalue weighted by Gasteiger charge is -2.33. The van der Waals surface area contributed by atoms with E-state index in [1.165, 1.54) is 12.0 Å². The number of allylic oxidation sites excluding steroid dienone is 1. The highest BCUT2D eigenvalue weighted by molar-refractivity contribution is 7.91. The number of amides is 4. The summed E-state index contributed by atoms with van der Waals surface area (Å²) in [4.78, 5) is 66.1. The first kappa shape index (κ1) is 40.2. The van der Waals surface area contributed by atoms with Gasteiger partial charge in [0.05, 0.1) is 36.0 Å². The molecule has 300 valence electrons. The minimum absolute atomic E-state index is 0.0351. The predicted octanol–water partition coefficient (Wildman–Crippen LogP) is 3.26. The molecule has 2 aliphatic heterocycles. The van der Waals surface area contributed by atoms with E-state index in [1.807, 2.05) is 32.9 Å². The van der Waals surface area contributed by atoms with Crippen LogP contribution < -0.4 is 24.8 Å². The van der Waals surface area contributed by atoms with E-state index in [1.54, 1.807) is 32.2 Å². The van der Waals surface area contributed by atoms with E-state index in [4.69, 9.17) is 24.2 Å². The molecule has 6 rings (SSSR count). The monoisotopic (exact) mass is 784 g/mol. The van der Waals surface area contributed by atoms with Gasteiger partial charge in [0.1, 0.15) is 35.2 Å². The SMILES string of the molecule is COC[C@@H]1C[C@@H](C)CCC=C[C@@H]2C[C@@]2(C(=O)NS(=O)(=O)C2(C)CC2)NC(=O)[C@@H]2C[C@@H](Oc3nc4cc(OC)ccc4nc3C(C)C)CN2C(=O)[C@H]1NC(=O)O. The van der Waals surface area contributed by atoms with E-state index in [2.05, 4.69) is 15.4 Å². The van der Waals surface area contributed by atoms with Gasteiger partial charge in [-0.2, -0.15) is 0 Å². The van der Waals surface area contributed by atoms with E-state index < -0.39 is 74.1 Å². The van der Waals surface area contributed by atoms with Crippen LogP contribution in [0.5, 0.6) is 11.6 Å². The molecule has 4 amide bonds. The Kier molecular flexibility index (Phi) is 11.4. The van der Waals surface area contributed by atoms with Crippen molar-refractivity contribution in [2.45, 2.75) is 107 Å². The van der Waals surface area contributed by atoms with E-state index in [-0.39, 0.29) is 43.7 Å². The van der Waals surface area contributed by atoms with Crippen molar-refractivity contribution in [3.05, 3.63) is 36.0 Å². The third-order valence-electron chi connectivity index (χ3n) is 11.4. The molecule has 3 fully saturated rings. The summed E-state index contributed by atoms with van der Waals surface area (Å²) < 4.78 is 44.9. The fourth-order valence-corrected chi connectivity index (χ4v) is 9.02. The number of ether oxygens (including phenoxy) is 3. The number of carbonyl (C=O) groups excluding carboxylic acids is 3. The largest absolute Gasteiger partial charge is 0.497 e. The van der Waals surface area contributed by atoms with Crippen LogP contribution in [0.3, 0.4) is 0 Å². The second-order valence-electron chi connectivity index (χ2n) is 16.1. The zero-order valence-electron chi connectivity index (χ0n) is 32.2. The molecule has 3 heterocycles. The van der Waals surface area contributed by atoms with Crippen molar-refractivity contribution in [2.24, 2.45) is 17.8 Å². The van der Waals surface area contributed by atoms with Crippen LogP contribution in [0.1, 0.15) is 84.3 Å². The van der Waals surface area contributed by atoms with Crippen LogP contribution in [0.15, 0.2) is 30.4 Å². The number of fused-ring (bicyclic) bond motifs is 3. The van der Waals surface area contributed by atoms with Gasteiger partial charge in [-0.15, -0.1) is 0 Å². The lowest BCUT2D eigenvalue weighted by atomic mass is 9.87. The van der Waals surface area contributed by atoms with Crippen LogP contribution in [0.4, 0.5) is 4.79 Å². The zero-order valence-corrected chi connectivity index (χ0v) is 33.0. The fourth-order valence-electron chi connectivity index (χ4n) is 7.70. The first-order chi connectivity index (χ1) is 26.0. The maximum absolute atomic E-state index is 14.7. The number of carbonyl (C=O) groups is 4. The lowest BCUT2D eigenvalue weighted by molar-refractivity contribution is -0.142. The molecule has 0 spiro atoms. The number of sulfonamides is 1. The molecule has 2 aliphatic carbocycles. The summed E-state index contributed by atoms with van der Waals surface area (Å²) in [5.41, 5.74) is 0.126. The number of hydrogen-bond acceptors (Lipinski definition) is 11. The zero-order chi connectivity index (χ0) is 39.9. The Morgan fingerprint density at radius 3 is 2.53 bits per heavy atom. The van der Waals surface area contributed by atoms with Gasteiger partial charge in [-0.25, -0.2) is 23.2 Å². The molecule has 1 saturated heterocycles. The summed E-state index contributed by atoms with van der Waals surface area (Å²) in [7, 11) is -1.00. The molecule has 4 N–H and O–H groups in total. The Labute approximate surface area is 321 Å². The molecule has 0 radical (unpaired) electrons. The normalized spacial score (nSPS) is 29.3. The smallest absolute Gasteiger partial charge is 0.405 e. The molecular formula is C38H52N6O10S. The van der Waals surface area contributed by atoms with Crippen LogP contribution in [0.25, 0.3) is 11.0 Å². The summed E-state index contributed by atoms with van der Waals surface area (Å²) in [6.07, 6.45) is 4.26. The van der Waals surface area contributed by atoms with Crippen molar-refractivity contribution >= 4 is 44.9 Å². The van der Waals surface area contributed by atoms with Crippen LogP contribution in [0, 0.1) is 17.8 Å². The van der Waals surface area contributed by atoms with Gasteiger partial charge in [-0.1, -0.05) is 32.9 Å². The second-order valence-corrected chi connectivity index (χ2v) is 18.2. The summed E-state index contributed by atoms with van der Waals surface area (Å²) in [5.74, 6) is -2.53. The van der Waals surface area contributed by atoms with Gasteiger partial charge in [0.2, 0.25) is 27.7 Å². The summed E-state index contributed by atoms with van der Waals surface area (Å²) >= 11 is 0. The Balaban J connectivity index is 1.38. The molecule has 16 nitrogen and oxygen atoms in total. The average molecular weight is 785 g/mol. The van der Waals surface area contributed by atoms with Gasteiger partial charge in [0, 0.05) is 37.4 Å². The number of hydrogen-bond donors (Lipinski definition) is 4. The van der Waals surface area contributed by atoms with E-state index in [0.29, 0.717) is 54.6 Å². The van der Waals surface area contributed by atoms with Crippen LogP contribution in [-0.2, 0) is 29.1 Å². The quantitative estimate of drug-likeness (QED) is 0.256. The number of nitrogens with one attached hydrogen (secondary N) is 3. The molecule has 55 heavy (non-hydrogen) atoms. The van der Waals surface area contributed by atoms with Gasteiger partial charge in [0.15, 0.2) is 0 Å². The standard InChI is InChI=1S/C38H52N6O10S/c1-21(2)30-33(40-28-16-25(53-6)11-12-27(28)39-30)54-26-17-29-32(45)42-38(35(47)43-55(50,51)37(4)13-14-37)18-24(38)10-8-7-9-22(3)15-23(20-52-5)31(41-36(48)49)34(46)44(29)19-26/h8,10-12,16,21-24,26,29,31,41H,7,9,13-15,17-20H2,1-6H3,(H,42,45)(H,43,47)(H,48,49)/t22-,23-,24+,26+,29-,31-,38+/m0/s1. The summed E-state index contributed by atoms with van der Waals surface area (Å²) in [6.45, 7) is 7.42. The second kappa shape index (κ2) is 15.6. The lowest BCUT2D eigenvalue weighted by Crippen LogP contribution is -2.59. The van der Waals surface area contributed by atoms with Gasteiger partial charge >= 0.3 is 6.09 Å². The van der Waals surface area contributed by atoms with E-state index >= 15 is 0 Å². The minimum Gasteiger partial charge on any atom is -0.497 e. The average Bonchev–Trinajstić information content (AvgIpc) is 4.01. The van der Waals surface area contributed by atoms with Crippen molar-refractivity contribution in [1.82, 2.24) is 30.2 Å². The van der Waals surface area contributed by atoms with Gasteiger partial charge in [-0.05, 0) is 63.5 Å². The first-order valence-corrected chi connectivity index (χ1v) is 20.4. The minimum atomic E-state index is -4.02. The predicted molar refractivity (Wildman–Crippen MR) is 201 cm³/mol. The number of carboxylic acid groups (broad SMARTS) is 1. The number of nitrogens with zero attached hydrogens (tertiary/aromatic N) is 3. The maximum Gasteiger partial charge on any atom is 0.405 e. The van der Waals surface area contributed by atoms with Crippen molar-refractivity contribution in [3.8, 4) is 11.6 Å². The van der Waals surface area contributed by atoms with Crippen LogP contribution in [-0.4, -0.2) is 108 Å². The molecule has 7 atom stereocenters. The molecular weight excluding hydrogens is 733 g/mol. The number of benzene rings is 1.